The standard InChI is InChI=1S/C39H25N3/c1-2-10-28-25-30(21-16-26(28)9-1)42-35-15-6-4-12-32(35)39-37(42)23-22-36-38(39)31-11-3-5-14-34(31)41(36)29-19-17-27(18-20-29)33-13-7-8-24-40-33/h1-25H. The predicted molar refractivity (Wildman–Crippen MR) is 176 cm³/mol. The molecule has 0 saturated heterocycles. The first-order valence-electron chi connectivity index (χ1n) is 14.3. The molecule has 0 aliphatic rings. The van der Waals surface area contributed by atoms with Gasteiger partial charge in [0.1, 0.15) is 0 Å². The van der Waals surface area contributed by atoms with Crippen LogP contribution in [-0.2, 0) is 0 Å². The van der Waals surface area contributed by atoms with Gasteiger partial charge >= 0.3 is 0 Å². The summed E-state index contributed by atoms with van der Waals surface area (Å²) in [4.78, 5) is 4.54. The SMILES string of the molecule is c1ccc(-c2ccc(-n3c4ccccc4c4c5c6ccccc6n(-c6ccc7ccccc7c6)c5ccc43)cc2)nc1. The van der Waals surface area contributed by atoms with Gasteiger partial charge < -0.3 is 9.13 Å². The lowest BCUT2D eigenvalue weighted by molar-refractivity contribution is 1.17. The average molecular weight is 536 g/mol. The van der Waals surface area contributed by atoms with Gasteiger partial charge in [-0.1, -0.05) is 84.9 Å². The Morgan fingerprint density at radius 2 is 0.976 bits per heavy atom. The second kappa shape index (κ2) is 8.92. The number of aromatic nitrogens is 3. The molecule has 0 radical (unpaired) electrons. The van der Waals surface area contributed by atoms with E-state index >= 15 is 0 Å². The number of benzene rings is 6. The number of rotatable bonds is 3. The van der Waals surface area contributed by atoms with Gasteiger partial charge in [0.25, 0.3) is 0 Å². The first-order valence-corrected chi connectivity index (χ1v) is 14.3. The zero-order valence-corrected chi connectivity index (χ0v) is 22.8. The zero-order chi connectivity index (χ0) is 27.6. The molecule has 9 rings (SSSR count). The van der Waals surface area contributed by atoms with Crippen molar-refractivity contribution in [3.05, 3.63) is 152 Å². The van der Waals surface area contributed by atoms with E-state index in [4.69, 9.17) is 0 Å². The van der Waals surface area contributed by atoms with Crippen LogP contribution in [0, 0.1) is 0 Å². The summed E-state index contributed by atoms with van der Waals surface area (Å²) in [5.41, 5.74) is 9.24. The van der Waals surface area contributed by atoms with Crippen LogP contribution in [0.2, 0.25) is 0 Å². The molecule has 3 heteroatoms. The van der Waals surface area contributed by atoms with Crippen LogP contribution in [0.1, 0.15) is 0 Å². The molecule has 0 N–H and O–H groups in total. The molecule has 0 unspecified atom stereocenters. The fraction of sp³-hybridized carbons (Fsp3) is 0. The Kier molecular flexibility index (Phi) is 4.90. The molecule has 0 atom stereocenters. The fourth-order valence-electron chi connectivity index (χ4n) is 6.71. The van der Waals surface area contributed by atoms with Crippen LogP contribution in [-0.4, -0.2) is 14.1 Å². The summed E-state index contributed by atoms with van der Waals surface area (Å²) < 4.78 is 4.82. The fourth-order valence-corrected chi connectivity index (χ4v) is 6.71. The molecule has 0 aliphatic heterocycles. The quantitative estimate of drug-likeness (QED) is 0.221. The van der Waals surface area contributed by atoms with E-state index in [9.17, 15) is 0 Å². The van der Waals surface area contributed by atoms with E-state index < -0.39 is 0 Å². The first-order chi connectivity index (χ1) is 20.8. The maximum absolute atomic E-state index is 4.54. The van der Waals surface area contributed by atoms with Crippen LogP contribution >= 0.6 is 0 Å². The smallest absolute Gasteiger partial charge is 0.0701 e. The van der Waals surface area contributed by atoms with Crippen LogP contribution < -0.4 is 0 Å². The van der Waals surface area contributed by atoms with Crippen LogP contribution in [0.3, 0.4) is 0 Å². The molecule has 0 spiro atoms. The third kappa shape index (κ3) is 3.31. The molecule has 3 aromatic heterocycles. The van der Waals surface area contributed by atoms with Crippen molar-refractivity contribution in [1.29, 1.82) is 0 Å². The molecule has 0 aliphatic carbocycles. The molecule has 0 amide bonds. The van der Waals surface area contributed by atoms with Gasteiger partial charge in [0.15, 0.2) is 0 Å². The maximum atomic E-state index is 4.54. The highest BCUT2D eigenvalue weighted by Gasteiger charge is 2.20. The minimum Gasteiger partial charge on any atom is -0.309 e. The van der Waals surface area contributed by atoms with Gasteiger partial charge in [-0.15, -0.1) is 0 Å². The van der Waals surface area contributed by atoms with Crippen molar-refractivity contribution in [2.75, 3.05) is 0 Å². The van der Waals surface area contributed by atoms with Gasteiger partial charge in [-0.3, -0.25) is 4.98 Å². The van der Waals surface area contributed by atoms with Gasteiger partial charge in [-0.2, -0.15) is 0 Å². The Balaban J connectivity index is 1.35. The van der Waals surface area contributed by atoms with Gasteiger partial charge in [-0.05, 0) is 71.4 Å². The lowest BCUT2D eigenvalue weighted by atomic mass is 10.1. The van der Waals surface area contributed by atoms with E-state index in [0.29, 0.717) is 0 Å². The summed E-state index contributed by atoms with van der Waals surface area (Å²) >= 11 is 0. The van der Waals surface area contributed by atoms with Crippen LogP contribution in [0.15, 0.2) is 152 Å². The van der Waals surface area contributed by atoms with Crippen molar-refractivity contribution in [3.8, 4) is 22.6 Å². The van der Waals surface area contributed by atoms with Crippen molar-refractivity contribution in [2.24, 2.45) is 0 Å². The molecular weight excluding hydrogens is 510 g/mol. The lowest BCUT2D eigenvalue weighted by Gasteiger charge is -2.10. The predicted octanol–water partition coefficient (Wildman–Crippen LogP) is 10.1. The molecular formula is C39H25N3. The molecule has 196 valence electrons. The van der Waals surface area contributed by atoms with Crippen molar-refractivity contribution < 1.29 is 0 Å². The molecule has 3 nitrogen and oxygen atoms in total. The monoisotopic (exact) mass is 535 g/mol. The lowest BCUT2D eigenvalue weighted by Crippen LogP contribution is -1.95. The largest absolute Gasteiger partial charge is 0.309 e. The second-order valence-corrected chi connectivity index (χ2v) is 10.9. The summed E-state index contributed by atoms with van der Waals surface area (Å²) in [6.07, 6.45) is 1.84. The first kappa shape index (κ1) is 23.1. The van der Waals surface area contributed by atoms with Gasteiger partial charge in [-0.25, -0.2) is 0 Å². The van der Waals surface area contributed by atoms with Crippen LogP contribution in [0.4, 0.5) is 0 Å². The molecule has 42 heavy (non-hydrogen) atoms. The molecule has 9 aromatic rings. The van der Waals surface area contributed by atoms with Gasteiger partial charge in [0.2, 0.25) is 0 Å². The van der Waals surface area contributed by atoms with E-state index in [2.05, 4.69) is 148 Å². The molecule has 0 saturated carbocycles. The van der Waals surface area contributed by atoms with E-state index in [1.54, 1.807) is 0 Å². The molecule has 3 heterocycles. The minimum atomic E-state index is 0.981. The second-order valence-electron chi connectivity index (χ2n) is 10.9. The summed E-state index contributed by atoms with van der Waals surface area (Å²) in [5, 5.41) is 7.59. The summed E-state index contributed by atoms with van der Waals surface area (Å²) in [6, 6.07) is 52.3. The Labute approximate surface area is 242 Å². The van der Waals surface area contributed by atoms with E-state index in [1.807, 2.05) is 18.3 Å². The highest BCUT2D eigenvalue weighted by Crippen LogP contribution is 2.42. The normalized spacial score (nSPS) is 11.8. The zero-order valence-electron chi connectivity index (χ0n) is 22.8. The maximum Gasteiger partial charge on any atom is 0.0701 e. The average Bonchev–Trinajstić information content (AvgIpc) is 3.58. The number of hydrogen-bond donors (Lipinski definition) is 0. The van der Waals surface area contributed by atoms with Gasteiger partial charge in [0.05, 0.1) is 27.8 Å². The Bertz CT molecular complexity index is 2450. The van der Waals surface area contributed by atoms with Crippen molar-refractivity contribution in [2.45, 2.75) is 0 Å². The molecule has 0 bridgehead atoms. The highest BCUT2D eigenvalue weighted by atomic mass is 15.0. The van der Waals surface area contributed by atoms with Gasteiger partial charge in [0, 0.05) is 44.7 Å². The Morgan fingerprint density at radius 3 is 1.64 bits per heavy atom. The third-order valence-electron chi connectivity index (χ3n) is 8.55. The number of para-hydroxylation sites is 2. The van der Waals surface area contributed by atoms with Crippen LogP contribution in [0.25, 0.3) is 77.0 Å². The third-order valence-corrected chi connectivity index (χ3v) is 8.55. The van der Waals surface area contributed by atoms with Crippen molar-refractivity contribution in [1.82, 2.24) is 14.1 Å². The summed E-state index contributed by atoms with van der Waals surface area (Å²) in [5.74, 6) is 0. The highest BCUT2D eigenvalue weighted by molar-refractivity contribution is 6.28. The minimum absolute atomic E-state index is 0.981. The topological polar surface area (TPSA) is 22.8 Å². The molecule has 6 aromatic carbocycles. The van der Waals surface area contributed by atoms with E-state index in [0.717, 1.165) is 16.9 Å². The Morgan fingerprint density at radius 1 is 0.405 bits per heavy atom. The number of hydrogen-bond acceptors (Lipinski definition) is 1. The van der Waals surface area contributed by atoms with E-state index in [-0.39, 0.29) is 0 Å². The van der Waals surface area contributed by atoms with E-state index in [1.165, 1.54) is 60.1 Å². The van der Waals surface area contributed by atoms with Crippen LogP contribution in [0.5, 0.6) is 0 Å². The molecule has 0 fully saturated rings. The summed E-state index contributed by atoms with van der Waals surface area (Å²) in [6.45, 7) is 0. The number of fused-ring (bicyclic) bond motifs is 8. The summed E-state index contributed by atoms with van der Waals surface area (Å²) in [7, 11) is 0. The van der Waals surface area contributed by atoms with Crippen molar-refractivity contribution >= 4 is 54.4 Å². The number of nitrogens with zero attached hydrogens (tertiary/aromatic N) is 3. The number of pyridine rings is 1. The Hall–Kier alpha value is -5.67. The van der Waals surface area contributed by atoms with Crippen molar-refractivity contribution in [3.63, 3.8) is 0 Å².